The Morgan fingerprint density at radius 3 is 2.04 bits per heavy atom. The van der Waals surface area contributed by atoms with Crippen LogP contribution in [0.4, 0.5) is 11.4 Å². The van der Waals surface area contributed by atoms with Gasteiger partial charge >= 0.3 is 5.97 Å². The molecule has 2 aromatic rings. The minimum atomic E-state index is -0.766. The van der Waals surface area contributed by atoms with Crippen molar-refractivity contribution in [3.8, 4) is 11.5 Å². The molecule has 142 valence electrons. The van der Waals surface area contributed by atoms with Gasteiger partial charge in [0.2, 0.25) is 6.29 Å². The molecule has 0 fully saturated rings. The highest BCUT2D eigenvalue weighted by Crippen LogP contribution is 2.23. The van der Waals surface area contributed by atoms with E-state index in [1.54, 1.807) is 50.2 Å². The highest BCUT2D eigenvalue weighted by Gasteiger charge is 2.22. The van der Waals surface area contributed by atoms with Crippen molar-refractivity contribution in [1.82, 2.24) is 0 Å². The average Bonchev–Trinajstić information content (AvgIpc) is 2.66. The fourth-order valence-corrected chi connectivity index (χ4v) is 2.02. The number of carbonyl (C=O) groups is 1. The van der Waals surface area contributed by atoms with Crippen molar-refractivity contribution in [1.29, 1.82) is 0 Å². The number of benzene rings is 2. The molecule has 0 spiro atoms. The summed E-state index contributed by atoms with van der Waals surface area (Å²) in [4.78, 5) is 11.6. The first kappa shape index (κ1) is 20.1. The Morgan fingerprint density at radius 1 is 1.04 bits per heavy atom. The molecule has 7 heteroatoms. The Balaban J connectivity index is 1.98. The van der Waals surface area contributed by atoms with Gasteiger partial charge in [-0.25, -0.2) is 4.79 Å². The van der Waals surface area contributed by atoms with Crippen molar-refractivity contribution in [2.24, 2.45) is 10.2 Å². The summed E-state index contributed by atoms with van der Waals surface area (Å²) < 4.78 is 16.2. The molecule has 2 aromatic carbocycles. The van der Waals surface area contributed by atoms with E-state index in [9.17, 15) is 9.90 Å². The quantitative estimate of drug-likeness (QED) is 0.316. The predicted molar refractivity (Wildman–Crippen MR) is 101 cm³/mol. The molecule has 0 aliphatic carbocycles. The van der Waals surface area contributed by atoms with Crippen LogP contribution >= 0.6 is 0 Å². The van der Waals surface area contributed by atoms with Crippen LogP contribution in [0.2, 0.25) is 0 Å². The predicted octanol–water partition coefficient (Wildman–Crippen LogP) is 4.67. The summed E-state index contributed by atoms with van der Waals surface area (Å²) in [7, 11) is 1.47. The van der Waals surface area contributed by atoms with E-state index >= 15 is 0 Å². The maximum absolute atomic E-state index is 11.6. The molecule has 0 saturated heterocycles. The number of hydrogen-bond donors (Lipinski definition) is 1. The molecule has 2 unspecified atom stereocenters. The number of hydrogen-bond acceptors (Lipinski definition) is 7. The van der Waals surface area contributed by atoms with Crippen molar-refractivity contribution >= 4 is 17.3 Å². The summed E-state index contributed by atoms with van der Waals surface area (Å²) in [5.41, 5.74) is 1.56. The van der Waals surface area contributed by atoms with Crippen LogP contribution in [-0.2, 0) is 14.3 Å². The van der Waals surface area contributed by atoms with Crippen LogP contribution < -0.4 is 4.74 Å². The van der Waals surface area contributed by atoms with Crippen LogP contribution in [0.3, 0.4) is 0 Å². The van der Waals surface area contributed by atoms with Crippen molar-refractivity contribution < 1.29 is 24.1 Å². The maximum atomic E-state index is 11.6. The van der Waals surface area contributed by atoms with E-state index in [1.807, 2.05) is 0 Å². The molecule has 0 radical (unpaired) electrons. The van der Waals surface area contributed by atoms with E-state index in [0.717, 1.165) is 0 Å². The van der Waals surface area contributed by atoms with E-state index < -0.39 is 18.4 Å². The molecule has 0 aliphatic rings. The number of carbonyl (C=O) groups excluding carboxylic acids is 1. The molecule has 0 aromatic heterocycles. The van der Waals surface area contributed by atoms with Crippen LogP contribution in [0.1, 0.15) is 13.8 Å². The third-order valence-corrected chi connectivity index (χ3v) is 3.48. The largest absolute Gasteiger partial charge is 0.508 e. The fraction of sp³-hybridized carbons (Fsp3) is 0.250. The second kappa shape index (κ2) is 9.49. The van der Waals surface area contributed by atoms with Gasteiger partial charge in [-0.15, -0.1) is 0 Å². The summed E-state index contributed by atoms with van der Waals surface area (Å²) in [6.45, 7) is 6.79. The smallest absolute Gasteiger partial charge is 0.333 e. The number of phenols is 1. The summed E-state index contributed by atoms with van der Waals surface area (Å²) in [6, 6.07) is 13.3. The van der Waals surface area contributed by atoms with Crippen LogP contribution in [0.5, 0.6) is 11.5 Å². The summed E-state index contributed by atoms with van der Waals surface area (Å²) in [5.74, 6) is 0.202. The third kappa shape index (κ3) is 6.23. The molecule has 27 heavy (non-hydrogen) atoms. The lowest BCUT2D eigenvalue weighted by atomic mass is 10.3. The first-order valence-electron chi connectivity index (χ1n) is 8.26. The molecular formula is C20H22N2O5. The van der Waals surface area contributed by atoms with Gasteiger partial charge in [-0.05, 0) is 62.4 Å². The van der Waals surface area contributed by atoms with Gasteiger partial charge in [0.25, 0.3) is 0 Å². The Kier molecular flexibility index (Phi) is 7.08. The molecule has 0 saturated carbocycles. The number of phenolic OH excluding ortho intramolecular Hbond substituents is 1. The second-order valence-corrected chi connectivity index (χ2v) is 5.82. The van der Waals surface area contributed by atoms with Gasteiger partial charge < -0.3 is 19.3 Å². The van der Waals surface area contributed by atoms with Gasteiger partial charge in [-0.2, -0.15) is 10.2 Å². The van der Waals surface area contributed by atoms with E-state index in [4.69, 9.17) is 14.2 Å². The zero-order valence-corrected chi connectivity index (χ0v) is 15.5. The first-order valence-corrected chi connectivity index (χ1v) is 8.26. The standard InChI is InChI=1S/C20H22N2O5/c1-13(2)19(24)26-14(3)20(25-4)27-18-11-7-16(8-12-18)22-21-15-5-9-17(23)10-6-15/h5-12,14,20,23H,1H2,2-4H3. The number of aromatic hydroxyl groups is 1. The second-order valence-electron chi connectivity index (χ2n) is 5.82. The van der Waals surface area contributed by atoms with Gasteiger partial charge in [0.15, 0.2) is 6.10 Å². The van der Waals surface area contributed by atoms with Crippen molar-refractivity contribution in [2.45, 2.75) is 26.2 Å². The van der Waals surface area contributed by atoms with Gasteiger partial charge in [-0.3, -0.25) is 0 Å². The van der Waals surface area contributed by atoms with E-state index in [-0.39, 0.29) is 5.75 Å². The Labute approximate surface area is 157 Å². The van der Waals surface area contributed by atoms with Crippen LogP contribution in [0.15, 0.2) is 70.9 Å². The third-order valence-electron chi connectivity index (χ3n) is 3.48. The minimum Gasteiger partial charge on any atom is -0.508 e. The lowest BCUT2D eigenvalue weighted by Gasteiger charge is -2.23. The van der Waals surface area contributed by atoms with Crippen LogP contribution in [0, 0.1) is 0 Å². The molecule has 0 aliphatic heterocycles. The highest BCUT2D eigenvalue weighted by atomic mass is 16.7. The monoisotopic (exact) mass is 370 g/mol. The number of azo groups is 1. The molecule has 1 N–H and O–H groups in total. The van der Waals surface area contributed by atoms with Crippen molar-refractivity contribution in [3.05, 3.63) is 60.7 Å². The van der Waals surface area contributed by atoms with E-state index in [2.05, 4.69) is 16.8 Å². The topological polar surface area (TPSA) is 89.7 Å². The summed E-state index contributed by atoms with van der Waals surface area (Å²) in [5, 5.41) is 17.5. The first-order chi connectivity index (χ1) is 12.9. The Hall–Kier alpha value is -3.19. The van der Waals surface area contributed by atoms with Gasteiger partial charge in [0, 0.05) is 12.7 Å². The number of rotatable bonds is 8. The number of methoxy groups -OCH3 is 1. The fourth-order valence-electron chi connectivity index (χ4n) is 2.02. The zero-order chi connectivity index (χ0) is 19.8. The molecule has 7 nitrogen and oxygen atoms in total. The highest BCUT2D eigenvalue weighted by molar-refractivity contribution is 5.87. The average molecular weight is 370 g/mol. The van der Waals surface area contributed by atoms with Crippen molar-refractivity contribution in [3.63, 3.8) is 0 Å². The molecule has 2 rings (SSSR count). The van der Waals surface area contributed by atoms with Gasteiger partial charge in [0.1, 0.15) is 11.5 Å². The van der Waals surface area contributed by atoms with E-state index in [0.29, 0.717) is 22.7 Å². The molecular weight excluding hydrogens is 348 g/mol. The molecule has 0 bridgehead atoms. The molecule has 2 atom stereocenters. The Bertz CT molecular complexity index is 800. The molecule has 0 heterocycles. The Morgan fingerprint density at radius 2 is 1.56 bits per heavy atom. The number of ether oxygens (including phenoxy) is 3. The van der Waals surface area contributed by atoms with Gasteiger partial charge in [-0.1, -0.05) is 6.58 Å². The normalized spacial score (nSPS) is 13.1. The summed E-state index contributed by atoms with van der Waals surface area (Å²) >= 11 is 0. The van der Waals surface area contributed by atoms with Crippen LogP contribution in [-0.4, -0.2) is 30.6 Å². The minimum absolute atomic E-state index is 0.173. The van der Waals surface area contributed by atoms with Gasteiger partial charge in [0.05, 0.1) is 11.4 Å². The number of nitrogens with zero attached hydrogens (tertiary/aromatic N) is 2. The summed E-state index contributed by atoms with van der Waals surface area (Å²) in [6.07, 6.45) is -1.38. The maximum Gasteiger partial charge on any atom is 0.333 e. The van der Waals surface area contributed by atoms with Crippen LogP contribution in [0.25, 0.3) is 0 Å². The molecule has 0 amide bonds. The van der Waals surface area contributed by atoms with Crippen molar-refractivity contribution in [2.75, 3.05) is 7.11 Å². The zero-order valence-electron chi connectivity index (χ0n) is 15.5. The lowest BCUT2D eigenvalue weighted by Crippen LogP contribution is -2.35. The SMILES string of the molecule is C=C(C)C(=O)OC(C)C(OC)Oc1ccc(N=Nc2ccc(O)cc2)cc1. The lowest BCUT2D eigenvalue weighted by molar-refractivity contribution is -0.168. The van der Waals surface area contributed by atoms with E-state index in [1.165, 1.54) is 19.2 Å². The number of esters is 1.